The van der Waals surface area contributed by atoms with Crippen LogP contribution in [0.3, 0.4) is 0 Å². The summed E-state index contributed by atoms with van der Waals surface area (Å²) in [4.78, 5) is 19.8. The molecular formula is C13H9ClN4O. The average Bonchev–Trinajstić information content (AvgIpc) is 2.81. The minimum atomic E-state index is -0.534. The van der Waals surface area contributed by atoms with E-state index in [0.29, 0.717) is 21.9 Å². The van der Waals surface area contributed by atoms with Crippen LogP contribution in [0.2, 0.25) is 5.02 Å². The zero-order valence-corrected chi connectivity index (χ0v) is 10.5. The smallest absolute Gasteiger partial charge is 0.250 e. The van der Waals surface area contributed by atoms with Gasteiger partial charge in [0.2, 0.25) is 5.95 Å². The van der Waals surface area contributed by atoms with Gasteiger partial charge in [-0.1, -0.05) is 17.7 Å². The van der Waals surface area contributed by atoms with Crippen molar-refractivity contribution in [1.82, 2.24) is 14.5 Å². The molecule has 3 aromatic rings. The molecule has 2 N–H and O–H groups in total. The molecule has 2 heterocycles. The Morgan fingerprint density at radius 3 is 2.63 bits per heavy atom. The van der Waals surface area contributed by atoms with E-state index in [1.165, 1.54) is 0 Å². The maximum atomic E-state index is 11.5. The molecule has 2 aromatic heterocycles. The summed E-state index contributed by atoms with van der Waals surface area (Å²) in [5.74, 6) is -0.0740. The average molecular weight is 273 g/mol. The van der Waals surface area contributed by atoms with E-state index in [4.69, 9.17) is 17.3 Å². The summed E-state index contributed by atoms with van der Waals surface area (Å²) in [5, 5.41) is 1.09. The molecule has 1 amide bonds. The molecule has 0 atom stereocenters. The van der Waals surface area contributed by atoms with Crippen molar-refractivity contribution in [3.63, 3.8) is 0 Å². The summed E-state index contributed by atoms with van der Waals surface area (Å²) >= 11 is 6.15. The third kappa shape index (κ3) is 1.84. The summed E-state index contributed by atoms with van der Waals surface area (Å²) in [7, 11) is 0. The number of rotatable bonds is 2. The fraction of sp³-hybridized carbons (Fsp3) is 0. The van der Waals surface area contributed by atoms with E-state index in [1.807, 2.05) is 6.07 Å². The summed E-state index contributed by atoms with van der Waals surface area (Å²) in [6.07, 6.45) is 4.86. The summed E-state index contributed by atoms with van der Waals surface area (Å²) in [6, 6.07) is 7.07. The van der Waals surface area contributed by atoms with Gasteiger partial charge in [-0.15, -0.1) is 0 Å². The Kier molecular flexibility index (Phi) is 2.68. The van der Waals surface area contributed by atoms with Gasteiger partial charge >= 0.3 is 0 Å². The molecule has 0 aliphatic rings. The Morgan fingerprint density at radius 2 is 1.95 bits per heavy atom. The van der Waals surface area contributed by atoms with E-state index in [1.54, 1.807) is 41.4 Å². The van der Waals surface area contributed by atoms with Crippen molar-refractivity contribution in [1.29, 1.82) is 0 Å². The van der Waals surface area contributed by atoms with E-state index in [2.05, 4.69) is 9.97 Å². The van der Waals surface area contributed by atoms with Crippen LogP contribution in [0.1, 0.15) is 10.4 Å². The van der Waals surface area contributed by atoms with E-state index in [9.17, 15) is 4.79 Å². The number of amides is 1. The zero-order chi connectivity index (χ0) is 13.4. The van der Waals surface area contributed by atoms with Gasteiger partial charge in [-0.2, -0.15) is 0 Å². The van der Waals surface area contributed by atoms with Crippen LogP contribution < -0.4 is 5.73 Å². The summed E-state index contributed by atoms with van der Waals surface area (Å²) in [5.41, 5.74) is 6.49. The second kappa shape index (κ2) is 4.37. The lowest BCUT2D eigenvalue weighted by Gasteiger charge is -2.02. The van der Waals surface area contributed by atoms with Gasteiger partial charge in [0.25, 0.3) is 5.91 Å². The number of aromatic nitrogens is 3. The Morgan fingerprint density at radius 1 is 1.21 bits per heavy atom. The van der Waals surface area contributed by atoms with E-state index >= 15 is 0 Å². The minimum absolute atomic E-state index is 0.355. The number of carbonyl (C=O) groups is 1. The monoisotopic (exact) mass is 272 g/mol. The van der Waals surface area contributed by atoms with Crippen LogP contribution in [0.15, 0.2) is 42.9 Å². The van der Waals surface area contributed by atoms with Gasteiger partial charge in [0.05, 0.1) is 16.1 Å². The molecule has 0 fully saturated rings. The van der Waals surface area contributed by atoms with Crippen LogP contribution in [0.25, 0.3) is 16.9 Å². The van der Waals surface area contributed by atoms with E-state index in [-0.39, 0.29) is 0 Å². The van der Waals surface area contributed by atoms with Gasteiger partial charge in [0, 0.05) is 24.0 Å². The highest BCUT2D eigenvalue weighted by Crippen LogP contribution is 2.29. The molecule has 1 aromatic carbocycles. The van der Waals surface area contributed by atoms with Crippen LogP contribution in [-0.4, -0.2) is 20.4 Å². The molecule has 0 spiro atoms. The van der Waals surface area contributed by atoms with Crippen molar-refractivity contribution >= 4 is 28.4 Å². The molecule has 3 rings (SSSR count). The van der Waals surface area contributed by atoms with Crippen LogP contribution in [0.5, 0.6) is 0 Å². The zero-order valence-electron chi connectivity index (χ0n) is 9.75. The number of benzene rings is 1. The highest BCUT2D eigenvalue weighted by Gasteiger charge is 2.16. The predicted molar refractivity (Wildman–Crippen MR) is 72.4 cm³/mol. The fourth-order valence-electron chi connectivity index (χ4n) is 2.01. The molecule has 0 radical (unpaired) electrons. The number of primary amides is 1. The van der Waals surface area contributed by atoms with Crippen molar-refractivity contribution < 1.29 is 4.79 Å². The molecule has 0 unspecified atom stereocenters. The number of fused-ring (bicyclic) bond motifs is 1. The first-order chi connectivity index (χ1) is 9.18. The van der Waals surface area contributed by atoms with Crippen LogP contribution in [0, 0.1) is 0 Å². The molecule has 0 saturated heterocycles. The van der Waals surface area contributed by atoms with Gasteiger partial charge in [-0.05, 0) is 18.2 Å². The lowest BCUT2D eigenvalue weighted by atomic mass is 10.2. The van der Waals surface area contributed by atoms with Gasteiger partial charge < -0.3 is 5.73 Å². The predicted octanol–water partition coefficient (Wildman–Crippen LogP) is 2.17. The number of carbonyl (C=O) groups excluding carboxylic acids is 1. The van der Waals surface area contributed by atoms with Crippen molar-refractivity contribution in [2.24, 2.45) is 5.73 Å². The Labute approximate surface area is 113 Å². The number of halogens is 1. The highest BCUT2D eigenvalue weighted by atomic mass is 35.5. The highest BCUT2D eigenvalue weighted by molar-refractivity contribution is 6.36. The van der Waals surface area contributed by atoms with Gasteiger partial charge in [-0.25, -0.2) is 9.97 Å². The molecule has 94 valence electrons. The number of nitrogens with two attached hydrogens (primary N) is 1. The summed E-state index contributed by atoms with van der Waals surface area (Å²) < 4.78 is 1.70. The minimum Gasteiger partial charge on any atom is -0.366 e. The molecule has 6 heteroatoms. The maximum absolute atomic E-state index is 11.5. The quantitative estimate of drug-likeness (QED) is 0.777. The number of hydrogen-bond donors (Lipinski definition) is 1. The number of nitrogens with zero attached hydrogens (tertiary/aromatic N) is 3. The molecule has 0 bridgehead atoms. The normalized spacial score (nSPS) is 10.8. The molecule has 0 saturated carbocycles. The first-order valence-corrected chi connectivity index (χ1v) is 5.93. The molecule has 19 heavy (non-hydrogen) atoms. The first-order valence-electron chi connectivity index (χ1n) is 5.55. The van der Waals surface area contributed by atoms with Gasteiger partial charge in [0.1, 0.15) is 0 Å². The number of hydrogen-bond acceptors (Lipinski definition) is 3. The SMILES string of the molecule is NC(=O)c1cn(-c2ncccn2)c2cccc(Cl)c12. The van der Waals surface area contributed by atoms with E-state index in [0.717, 1.165) is 5.52 Å². The first kappa shape index (κ1) is 11.7. The van der Waals surface area contributed by atoms with Crippen molar-refractivity contribution in [3.8, 4) is 5.95 Å². The lowest BCUT2D eigenvalue weighted by Crippen LogP contribution is -2.10. The Bertz CT molecular complexity index is 767. The fourth-order valence-corrected chi connectivity index (χ4v) is 2.28. The third-order valence-corrected chi connectivity index (χ3v) is 3.13. The van der Waals surface area contributed by atoms with Crippen molar-refractivity contribution in [3.05, 3.63) is 53.4 Å². The second-order valence-electron chi connectivity index (χ2n) is 3.96. The third-order valence-electron chi connectivity index (χ3n) is 2.81. The maximum Gasteiger partial charge on any atom is 0.250 e. The molecule has 5 nitrogen and oxygen atoms in total. The molecule has 0 aliphatic carbocycles. The largest absolute Gasteiger partial charge is 0.366 e. The molecular weight excluding hydrogens is 264 g/mol. The Hall–Kier alpha value is -2.40. The lowest BCUT2D eigenvalue weighted by molar-refractivity contribution is 0.100. The van der Waals surface area contributed by atoms with Gasteiger partial charge in [0.15, 0.2) is 0 Å². The van der Waals surface area contributed by atoms with Crippen molar-refractivity contribution in [2.45, 2.75) is 0 Å². The standard InChI is InChI=1S/C13H9ClN4O/c14-9-3-1-4-10-11(9)8(12(15)19)7-18(10)13-16-5-2-6-17-13/h1-7H,(H2,15,19). The van der Waals surface area contributed by atoms with Crippen molar-refractivity contribution in [2.75, 3.05) is 0 Å². The van der Waals surface area contributed by atoms with E-state index < -0.39 is 5.91 Å². The summed E-state index contributed by atoms with van der Waals surface area (Å²) in [6.45, 7) is 0. The topological polar surface area (TPSA) is 73.8 Å². The second-order valence-corrected chi connectivity index (χ2v) is 4.37. The van der Waals surface area contributed by atoms with Crippen LogP contribution in [0.4, 0.5) is 0 Å². The van der Waals surface area contributed by atoms with Gasteiger partial charge in [-0.3, -0.25) is 9.36 Å². The molecule has 0 aliphatic heterocycles. The van der Waals surface area contributed by atoms with Crippen LogP contribution in [-0.2, 0) is 0 Å². The van der Waals surface area contributed by atoms with Crippen LogP contribution >= 0.6 is 11.6 Å². The Balaban J connectivity index is 2.39.